The lowest BCUT2D eigenvalue weighted by Crippen LogP contribution is -2.26. The van der Waals surface area contributed by atoms with E-state index in [1.54, 1.807) is 0 Å². The summed E-state index contributed by atoms with van der Waals surface area (Å²) in [6, 6.07) is 0. The highest BCUT2D eigenvalue weighted by Gasteiger charge is 2.65. The molecule has 2 aliphatic rings. The molecule has 2 saturated carbocycles. The van der Waals surface area contributed by atoms with Gasteiger partial charge in [0.1, 0.15) is 0 Å². The minimum atomic E-state index is 0.517. The van der Waals surface area contributed by atoms with E-state index in [-0.39, 0.29) is 0 Å². The van der Waals surface area contributed by atoms with E-state index in [1.165, 1.54) is 19.3 Å². The van der Waals surface area contributed by atoms with Gasteiger partial charge < -0.3 is 0 Å². The first-order valence-electron chi connectivity index (χ1n) is 4.12. The van der Waals surface area contributed by atoms with Crippen molar-refractivity contribution in [3.63, 3.8) is 0 Å². The number of hydrogen-bond donors (Lipinski definition) is 1. The van der Waals surface area contributed by atoms with Crippen LogP contribution in [0.3, 0.4) is 0 Å². The maximum atomic E-state index is 4.41. The number of rotatable bonds is 1. The van der Waals surface area contributed by atoms with Crippen molar-refractivity contribution >= 4 is 12.8 Å². The molecule has 3 atom stereocenters. The van der Waals surface area contributed by atoms with Gasteiger partial charge in [0, 0.05) is 5.54 Å². The van der Waals surface area contributed by atoms with Crippen LogP contribution >= 0.6 is 12.8 Å². The van der Waals surface area contributed by atoms with Crippen LogP contribution in [0, 0.1) is 11.8 Å². The fraction of sp³-hybridized carbons (Fsp3) is 1.00. The maximum Gasteiger partial charge on any atom is 0.0368 e. The molecule has 0 aromatic rings. The summed E-state index contributed by atoms with van der Waals surface area (Å²) in [6.45, 7) is 2.36. The Morgan fingerprint density at radius 3 is 2.60 bits per heavy atom. The zero-order valence-electron chi connectivity index (χ0n) is 6.67. The quantitative estimate of drug-likeness (QED) is 0.569. The van der Waals surface area contributed by atoms with E-state index in [1.807, 2.05) is 0 Å². The van der Waals surface area contributed by atoms with Gasteiger partial charge in [-0.3, -0.25) is 0 Å². The third-order valence-corrected chi connectivity index (χ3v) is 3.99. The average molecular weight is 157 g/mol. The average Bonchev–Trinajstić information content (AvgIpc) is 2.36. The summed E-state index contributed by atoms with van der Waals surface area (Å²) < 4.78 is 2.15. The first-order chi connectivity index (χ1) is 4.69. The fourth-order valence-electron chi connectivity index (χ4n) is 2.92. The Morgan fingerprint density at radius 2 is 2.30 bits per heavy atom. The summed E-state index contributed by atoms with van der Waals surface area (Å²) in [7, 11) is 2.10. The number of nitrogens with zero attached hydrogens (tertiary/aromatic N) is 1. The fourth-order valence-corrected chi connectivity index (χ4v) is 3.35. The van der Waals surface area contributed by atoms with Gasteiger partial charge in [-0.15, -0.1) is 0 Å². The van der Waals surface area contributed by atoms with Gasteiger partial charge in [-0.25, -0.2) is 4.31 Å². The van der Waals surface area contributed by atoms with Crippen LogP contribution in [0.5, 0.6) is 0 Å². The van der Waals surface area contributed by atoms with Crippen LogP contribution in [0.4, 0.5) is 0 Å². The normalized spacial score (nSPS) is 51.6. The second kappa shape index (κ2) is 1.92. The third-order valence-electron chi connectivity index (χ3n) is 3.62. The van der Waals surface area contributed by atoms with E-state index in [0.29, 0.717) is 5.54 Å². The summed E-state index contributed by atoms with van der Waals surface area (Å²) >= 11 is 4.41. The van der Waals surface area contributed by atoms with Crippen molar-refractivity contribution in [2.75, 3.05) is 7.05 Å². The molecule has 0 radical (unpaired) electrons. The van der Waals surface area contributed by atoms with Crippen LogP contribution in [0.15, 0.2) is 0 Å². The lowest BCUT2D eigenvalue weighted by atomic mass is 10.1. The lowest BCUT2D eigenvalue weighted by molar-refractivity contribution is 0.351. The van der Waals surface area contributed by atoms with Crippen LogP contribution in [0.25, 0.3) is 0 Å². The van der Waals surface area contributed by atoms with Gasteiger partial charge in [0.25, 0.3) is 0 Å². The van der Waals surface area contributed by atoms with Crippen LogP contribution in [0.2, 0.25) is 0 Å². The Hall–Kier alpha value is 0.310. The Balaban J connectivity index is 2.16. The van der Waals surface area contributed by atoms with E-state index in [0.717, 1.165) is 11.8 Å². The monoisotopic (exact) mass is 157 g/mol. The second-order valence-electron chi connectivity index (χ2n) is 3.80. The Kier molecular flexibility index (Phi) is 1.34. The van der Waals surface area contributed by atoms with Gasteiger partial charge in [-0.2, -0.15) is 0 Å². The van der Waals surface area contributed by atoms with Gasteiger partial charge in [-0.1, -0.05) is 26.2 Å². The first-order valence-corrected chi connectivity index (χ1v) is 4.52. The summed E-state index contributed by atoms with van der Waals surface area (Å²) in [5.41, 5.74) is 0.517. The van der Waals surface area contributed by atoms with Crippen LogP contribution in [-0.2, 0) is 0 Å². The highest BCUT2D eigenvalue weighted by atomic mass is 32.1. The van der Waals surface area contributed by atoms with Crippen molar-refractivity contribution in [2.45, 2.75) is 31.7 Å². The predicted octanol–water partition coefficient (Wildman–Crippen LogP) is 1.95. The molecule has 2 fully saturated rings. The Morgan fingerprint density at radius 1 is 1.60 bits per heavy atom. The molecule has 0 saturated heterocycles. The highest BCUT2D eigenvalue weighted by Crippen LogP contribution is 2.64. The van der Waals surface area contributed by atoms with Crippen molar-refractivity contribution in [1.82, 2.24) is 4.31 Å². The SMILES string of the molecule is CC1C2CCCC12N(C)S. The molecular weight excluding hydrogens is 142 g/mol. The molecule has 0 aromatic carbocycles. The molecule has 0 spiro atoms. The molecule has 2 aliphatic carbocycles. The van der Waals surface area contributed by atoms with E-state index in [4.69, 9.17) is 0 Å². The molecule has 0 aliphatic heterocycles. The van der Waals surface area contributed by atoms with Crippen LogP contribution in [-0.4, -0.2) is 16.9 Å². The van der Waals surface area contributed by atoms with Crippen LogP contribution in [0.1, 0.15) is 26.2 Å². The standard InChI is InChI=1S/C8H15NS/c1-6-7-4-3-5-8(6,7)9(2)10/h6-7,10H,3-5H2,1-2H3. The molecule has 0 aromatic heterocycles. The maximum absolute atomic E-state index is 4.41. The summed E-state index contributed by atoms with van der Waals surface area (Å²) in [6.07, 6.45) is 4.23. The second-order valence-corrected chi connectivity index (χ2v) is 4.40. The number of thiol groups is 1. The largest absolute Gasteiger partial charge is 0.250 e. The molecule has 1 nitrogen and oxygen atoms in total. The topological polar surface area (TPSA) is 3.24 Å². The third kappa shape index (κ3) is 0.595. The van der Waals surface area contributed by atoms with Crippen molar-refractivity contribution < 1.29 is 0 Å². The molecule has 0 bridgehead atoms. The van der Waals surface area contributed by atoms with E-state index < -0.39 is 0 Å². The van der Waals surface area contributed by atoms with Gasteiger partial charge in [0.2, 0.25) is 0 Å². The van der Waals surface area contributed by atoms with E-state index in [9.17, 15) is 0 Å². The minimum Gasteiger partial charge on any atom is -0.250 e. The van der Waals surface area contributed by atoms with E-state index in [2.05, 4.69) is 31.1 Å². The highest BCUT2D eigenvalue weighted by molar-refractivity contribution is 7.77. The summed E-state index contributed by atoms with van der Waals surface area (Å²) in [5.74, 6) is 1.87. The molecule has 3 unspecified atom stereocenters. The molecule has 0 amide bonds. The predicted molar refractivity (Wildman–Crippen MR) is 46.0 cm³/mol. The van der Waals surface area contributed by atoms with E-state index >= 15 is 0 Å². The molecule has 0 N–H and O–H groups in total. The minimum absolute atomic E-state index is 0.517. The van der Waals surface area contributed by atoms with Crippen molar-refractivity contribution in [1.29, 1.82) is 0 Å². The summed E-state index contributed by atoms with van der Waals surface area (Å²) in [5, 5.41) is 0. The van der Waals surface area contributed by atoms with Gasteiger partial charge in [0.05, 0.1) is 0 Å². The first kappa shape index (κ1) is 6.99. The van der Waals surface area contributed by atoms with Crippen molar-refractivity contribution in [2.24, 2.45) is 11.8 Å². The van der Waals surface area contributed by atoms with Crippen molar-refractivity contribution in [3.05, 3.63) is 0 Å². The Bertz CT molecular complexity index is 151. The lowest BCUT2D eigenvalue weighted by Gasteiger charge is -2.21. The molecule has 2 heteroatoms. The zero-order valence-corrected chi connectivity index (χ0v) is 7.56. The van der Waals surface area contributed by atoms with Gasteiger partial charge in [-0.05, 0) is 31.7 Å². The molecular formula is C8H15NS. The van der Waals surface area contributed by atoms with Gasteiger partial charge in [0.15, 0.2) is 0 Å². The van der Waals surface area contributed by atoms with Crippen LogP contribution < -0.4 is 0 Å². The smallest absolute Gasteiger partial charge is 0.0368 e. The molecule has 58 valence electrons. The Labute approximate surface area is 68.3 Å². The zero-order chi connectivity index (χ0) is 7.35. The molecule has 10 heavy (non-hydrogen) atoms. The molecule has 2 rings (SSSR count). The van der Waals surface area contributed by atoms with Crippen molar-refractivity contribution in [3.8, 4) is 0 Å². The number of hydrogen-bond acceptors (Lipinski definition) is 2. The number of fused-ring (bicyclic) bond motifs is 1. The summed E-state index contributed by atoms with van der Waals surface area (Å²) in [4.78, 5) is 0. The van der Waals surface area contributed by atoms with Gasteiger partial charge >= 0.3 is 0 Å². The molecule has 0 heterocycles.